The van der Waals surface area contributed by atoms with Gasteiger partial charge in [0.2, 0.25) is 0 Å². The largest absolute Gasteiger partial charge is 0.389 e. The third-order valence-electron chi connectivity index (χ3n) is 4.87. The van der Waals surface area contributed by atoms with E-state index in [1.165, 1.54) is 0 Å². The van der Waals surface area contributed by atoms with E-state index in [-0.39, 0.29) is 11.8 Å². The first-order chi connectivity index (χ1) is 10.1. The van der Waals surface area contributed by atoms with Gasteiger partial charge >= 0.3 is 0 Å². The highest BCUT2D eigenvalue weighted by atomic mass is 16.3. The Morgan fingerprint density at radius 3 is 3.14 bits per heavy atom. The normalized spacial score (nSPS) is 28.9. The minimum atomic E-state index is -0.558. The lowest BCUT2D eigenvalue weighted by Gasteiger charge is -2.47. The highest BCUT2D eigenvalue weighted by molar-refractivity contribution is 5.94. The van der Waals surface area contributed by atoms with E-state index in [1.54, 1.807) is 18.3 Å². The van der Waals surface area contributed by atoms with Gasteiger partial charge in [-0.2, -0.15) is 0 Å². The number of carbonyl (C=O) groups is 1. The van der Waals surface area contributed by atoms with Crippen molar-refractivity contribution in [2.45, 2.75) is 37.7 Å². The number of piperidine rings is 1. The van der Waals surface area contributed by atoms with Crippen LogP contribution in [0.4, 0.5) is 5.82 Å². The van der Waals surface area contributed by atoms with Crippen LogP contribution in [0.1, 0.15) is 42.5 Å². The van der Waals surface area contributed by atoms with E-state index < -0.39 is 5.60 Å². The van der Waals surface area contributed by atoms with Gasteiger partial charge in [-0.15, -0.1) is 0 Å². The average Bonchev–Trinajstić information content (AvgIpc) is 2.53. The number of pyridine rings is 1. The molecule has 2 heterocycles. The molecule has 2 unspecified atom stereocenters. The zero-order valence-electron chi connectivity index (χ0n) is 12.1. The molecule has 1 aliphatic heterocycles. The minimum absolute atomic E-state index is 0.0125. The van der Waals surface area contributed by atoms with Gasteiger partial charge in [0.05, 0.1) is 5.60 Å². The number of nitrogens with zero attached hydrogens (tertiary/aromatic N) is 2. The Labute approximate surface area is 124 Å². The highest BCUT2D eigenvalue weighted by Crippen LogP contribution is 2.40. The molecule has 1 aromatic rings. The number of amides is 1. The molecule has 6 heteroatoms. The van der Waals surface area contributed by atoms with E-state index in [0.717, 1.165) is 25.7 Å². The molecule has 1 aromatic heterocycles. The first-order valence-electron chi connectivity index (χ1n) is 7.57. The van der Waals surface area contributed by atoms with Crippen LogP contribution < -0.4 is 11.3 Å². The molecule has 2 atom stereocenters. The SMILES string of the molecule is NNc1cc(C(=O)N2CCC3(O)CCCCC3C2)ccn1. The lowest BCUT2D eigenvalue weighted by atomic mass is 9.71. The minimum Gasteiger partial charge on any atom is -0.389 e. The van der Waals surface area contributed by atoms with E-state index in [1.807, 2.05) is 4.90 Å². The van der Waals surface area contributed by atoms with Crippen molar-refractivity contribution in [2.75, 3.05) is 18.5 Å². The molecule has 2 aliphatic rings. The highest BCUT2D eigenvalue weighted by Gasteiger charge is 2.43. The molecule has 1 saturated heterocycles. The number of nitrogens with two attached hydrogens (primary N) is 1. The number of hydrogen-bond acceptors (Lipinski definition) is 5. The number of rotatable bonds is 2. The Morgan fingerprint density at radius 2 is 2.33 bits per heavy atom. The summed E-state index contributed by atoms with van der Waals surface area (Å²) in [5, 5.41) is 10.7. The molecule has 114 valence electrons. The molecular formula is C15H22N4O2. The van der Waals surface area contributed by atoms with E-state index in [9.17, 15) is 9.90 Å². The Balaban J connectivity index is 1.74. The summed E-state index contributed by atoms with van der Waals surface area (Å²) in [6.45, 7) is 1.25. The van der Waals surface area contributed by atoms with E-state index in [4.69, 9.17) is 5.84 Å². The summed E-state index contributed by atoms with van der Waals surface area (Å²) >= 11 is 0. The maximum absolute atomic E-state index is 12.6. The molecule has 6 nitrogen and oxygen atoms in total. The molecule has 1 aliphatic carbocycles. The van der Waals surface area contributed by atoms with Gasteiger partial charge in [-0.05, 0) is 31.4 Å². The second-order valence-electron chi connectivity index (χ2n) is 6.12. The van der Waals surface area contributed by atoms with Crippen LogP contribution in [0.2, 0.25) is 0 Å². The van der Waals surface area contributed by atoms with Crippen molar-refractivity contribution in [1.82, 2.24) is 9.88 Å². The Morgan fingerprint density at radius 1 is 1.48 bits per heavy atom. The molecule has 4 N–H and O–H groups in total. The Bertz CT molecular complexity index is 536. The van der Waals surface area contributed by atoms with Gasteiger partial charge in [0.25, 0.3) is 5.91 Å². The van der Waals surface area contributed by atoms with Crippen molar-refractivity contribution in [3.8, 4) is 0 Å². The van der Waals surface area contributed by atoms with Crippen LogP contribution >= 0.6 is 0 Å². The van der Waals surface area contributed by atoms with Gasteiger partial charge in [0.1, 0.15) is 5.82 Å². The maximum Gasteiger partial charge on any atom is 0.254 e. The van der Waals surface area contributed by atoms with Crippen LogP contribution in [-0.4, -0.2) is 39.6 Å². The van der Waals surface area contributed by atoms with Crippen LogP contribution in [0, 0.1) is 5.92 Å². The van der Waals surface area contributed by atoms with Gasteiger partial charge in [-0.1, -0.05) is 12.8 Å². The van der Waals surface area contributed by atoms with Gasteiger partial charge in [0, 0.05) is 30.8 Å². The van der Waals surface area contributed by atoms with Crippen molar-refractivity contribution < 1.29 is 9.90 Å². The van der Waals surface area contributed by atoms with Crippen molar-refractivity contribution in [2.24, 2.45) is 11.8 Å². The van der Waals surface area contributed by atoms with Gasteiger partial charge in [0.15, 0.2) is 0 Å². The lowest BCUT2D eigenvalue weighted by Crippen LogP contribution is -2.54. The topological polar surface area (TPSA) is 91.5 Å². The Kier molecular flexibility index (Phi) is 3.82. The lowest BCUT2D eigenvalue weighted by molar-refractivity contribution is -0.0886. The van der Waals surface area contributed by atoms with Crippen LogP contribution in [0.3, 0.4) is 0 Å². The number of nitrogen functional groups attached to an aromatic ring is 1. The fraction of sp³-hybridized carbons (Fsp3) is 0.600. The molecule has 21 heavy (non-hydrogen) atoms. The Hall–Kier alpha value is -1.66. The standard InChI is InChI=1S/C15H22N4O2/c16-18-13-9-11(4-7-17-13)14(20)19-8-6-15(21)5-2-1-3-12(15)10-19/h4,7,9,12,21H,1-3,5-6,8,10,16H2,(H,17,18). The predicted molar refractivity (Wildman–Crippen MR) is 79.5 cm³/mol. The molecule has 0 aromatic carbocycles. The fourth-order valence-corrected chi connectivity index (χ4v) is 3.58. The summed E-state index contributed by atoms with van der Waals surface area (Å²) < 4.78 is 0. The fourth-order valence-electron chi connectivity index (χ4n) is 3.58. The summed E-state index contributed by atoms with van der Waals surface area (Å²) in [6, 6.07) is 3.36. The number of likely N-dealkylation sites (tertiary alicyclic amines) is 1. The number of hydrazine groups is 1. The maximum atomic E-state index is 12.6. The third kappa shape index (κ3) is 2.73. The van der Waals surface area contributed by atoms with Crippen molar-refractivity contribution >= 4 is 11.7 Å². The van der Waals surface area contributed by atoms with Crippen LogP contribution in [-0.2, 0) is 0 Å². The molecule has 0 spiro atoms. The van der Waals surface area contributed by atoms with Crippen LogP contribution in [0.25, 0.3) is 0 Å². The predicted octanol–water partition coefficient (Wildman–Crippen LogP) is 1.13. The van der Waals surface area contributed by atoms with E-state index in [0.29, 0.717) is 30.9 Å². The number of aliphatic hydroxyl groups is 1. The zero-order chi connectivity index (χ0) is 14.9. The molecular weight excluding hydrogens is 268 g/mol. The summed E-state index contributed by atoms with van der Waals surface area (Å²) in [5.74, 6) is 6.00. The smallest absolute Gasteiger partial charge is 0.254 e. The molecule has 2 fully saturated rings. The van der Waals surface area contributed by atoms with Crippen molar-refractivity contribution in [1.29, 1.82) is 0 Å². The number of anilines is 1. The third-order valence-corrected chi connectivity index (χ3v) is 4.87. The number of nitrogens with one attached hydrogen (secondary N) is 1. The van der Waals surface area contributed by atoms with Gasteiger partial charge in [-0.3, -0.25) is 4.79 Å². The molecule has 3 rings (SSSR count). The van der Waals surface area contributed by atoms with Crippen LogP contribution in [0.15, 0.2) is 18.3 Å². The number of carbonyl (C=O) groups excluding carboxylic acids is 1. The van der Waals surface area contributed by atoms with Crippen LogP contribution in [0.5, 0.6) is 0 Å². The summed E-state index contributed by atoms with van der Waals surface area (Å²) in [6.07, 6.45) is 6.37. The van der Waals surface area contributed by atoms with E-state index >= 15 is 0 Å². The average molecular weight is 290 g/mol. The summed E-state index contributed by atoms with van der Waals surface area (Å²) in [7, 11) is 0. The molecule has 1 amide bonds. The molecule has 0 bridgehead atoms. The van der Waals surface area contributed by atoms with Gasteiger partial charge in [-0.25, -0.2) is 10.8 Å². The molecule has 1 saturated carbocycles. The summed E-state index contributed by atoms with van der Waals surface area (Å²) in [5.41, 5.74) is 2.48. The number of fused-ring (bicyclic) bond motifs is 1. The number of hydrogen-bond donors (Lipinski definition) is 3. The molecule has 0 radical (unpaired) electrons. The first-order valence-corrected chi connectivity index (χ1v) is 7.57. The van der Waals surface area contributed by atoms with Gasteiger partial charge < -0.3 is 15.4 Å². The number of aromatic nitrogens is 1. The zero-order valence-corrected chi connectivity index (χ0v) is 12.1. The van der Waals surface area contributed by atoms with Crippen molar-refractivity contribution in [3.05, 3.63) is 23.9 Å². The second-order valence-corrected chi connectivity index (χ2v) is 6.12. The first kappa shape index (κ1) is 14.3. The van der Waals surface area contributed by atoms with E-state index in [2.05, 4.69) is 10.4 Å². The summed E-state index contributed by atoms with van der Waals surface area (Å²) in [4.78, 5) is 18.5. The quantitative estimate of drug-likeness (QED) is 0.561. The second kappa shape index (κ2) is 5.61. The monoisotopic (exact) mass is 290 g/mol. The van der Waals surface area contributed by atoms with Crippen molar-refractivity contribution in [3.63, 3.8) is 0 Å².